The Balaban J connectivity index is 2.53. The van der Waals surface area contributed by atoms with E-state index in [-0.39, 0.29) is 5.41 Å². The van der Waals surface area contributed by atoms with E-state index in [0.717, 1.165) is 30.9 Å². The highest BCUT2D eigenvalue weighted by Gasteiger charge is 2.19. The second kappa shape index (κ2) is 6.23. The highest BCUT2D eigenvalue weighted by Crippen LogP contribution is 2.32. The zero-order chi connectivity index (χ0) is 15.6. The summed E-state index contributed by atoms with van der Waals surface area (Å²) in [6.45, 7) is 15.2. The van der Waals surface area contributed by atoms with Gasteiger partial charge >= 0.3 is 0 Å². The Morgan fingerprint density at radius 1 is 1.19 bits per heavy atom. The zero-order valence-corrected chi connectivity index (χ0v) is 14.3. The van der Waals surface area contributed by atoms with Gasteiger partial charge in [-0.2, -0.15) is 0 Å². The van der Waals surface area contributed by atoms with Gasteiger partial charge in [-0.15, -0.1) is 0 Å². The van der Waals surface area contributed by atoms with E-state index in [1.165, 1.54) is 16.5 Å². The molecule has 21 heavy (non-hydrogen) atoms. The smallest absolute Gasteiger partial charge is 0.134 e. The fourth-order valence-electron chi connectivity index (χ4n) is 2.68. The Morgan fingerprint density at radius 2 is 1.90 bits per heavy atom. The number of fused-ring (bicyclic) bond motifs is 1. The van der Waals surface area contributed by atoms with E-state index >= 15 is 0 Å². The first-order valence-electron chi connectivity index (χ1n) is 8.08. The van der Waals surface area contributed by atoms with E-state index in [9.17, 15) is 0 Å². The van der Waals surface area contributed by atoms with E-state index in [4.69, 9.17) is 4.42 Å². The number of benzene rings is 1. The van der Waals surface area contributed by atoms with Crippen molar-refractivity contribution >= 4 is 11.0 Å². The largest absolute Gasteiger partial charge is 0.459 e. The summed E-state index contributed by atoms with van der Waals surface area (Å²) >= 11 is 0. The van der Waals surface area contributed by atoms with Crippen molar-refractivity contribution in [3.63, 3.8) is 0 Å². The maximum atomic E-state index is 6.11. The van der Waals surface area contributed by atoms with Crippen molar-refractivity contribution in [1.82, 2.24) is 5.32 Å². The molecule has 0 radical (unpaired) electrons. The van der Waals surface area contributed by atoms with Gasteiger partial charge in [0.2, 0.25) is 0 Å². The highest BCUT2D eigenvalue weighted by atomic mass is 16.3. The first-order valence-corrected chi connectivity index (χ1v) is 8.08. The van der Waals surface area contributed by atoms with Crippen LogP contribution in [0.15, 0.2) is 22.6 Å². The molecule has 2 aromatic rings. The molecule has 2 heteroatoms. The Bertz CT molecular complexity index is 602. The van der Waals surface area contributed by atoms with Gasteiger partial charge in [0.1, 0.15) is 11.3 Å². The molecule has 0 fully saturated rings. The van der Waals surface area contributed by atoms with E-state index in [2.05, 4.69) is 65.1 Å². The van der Waals surface area contributed by atoms with Crippen molar-refractivity contribution in [1.29, 1.82) is 0 Å². The summed E-state index contributed by atoms with van der Waals surface area (Å²) in [5, 5.41) is 4.69. The molecule has 0 aliphatic carbocycles. The minimum Gasteiger partial charge on any atom is -0.459 e. The van der Waals surface area contributed by atoms with Crippen LogP contribution in [0.5, 0.6) is 0 Å². The zero-order valence-electron chi connectivity index (χ0n) is 14.3. The van der Waals surface area contributed by atoms with Crippen LogP contribution < -0.4 is 5.32 Å². The lowest BCUT2D eigenvalue weighted by Gasteiger charge is -2.19. The molecule has 0 aliphatic heterocycles. The molecule has 1 N–H and O–H groups in total. The second-order valence-electron chi connectivity index (χ2n) is 7.34. The lowest BCUT2D eigenvalue weighted by molar-refractivity contribution is 0.506. The van der Waals surface area contributed by atoms with Crippen molar-refractivity contribution in [2.24, 2.45) is 5.92 Å². The Morgan fingerprint density at radius 3 is 2.48 bits per heavy atom. The standard InChI is InChI=1S/C19H29NO/c1-7-20-12-18-15(10-13(2)3)16-11-14(19(4,5)6)8-9-17(16)21-18/h8-9,11,13,20H,7,10,12H2,1-6H3. The first-order chi connectivity index (χ1) is 9.82. The monoisotopic (exact) mass is 287 g/mol. The maximum Gasteiger partial charge on any atom is 0.134 e. The number of hydrogen-bond acceptors (Lipinski definition) is 2. The minimum absolute atomic E-state index is 0.169. The Kier molecular flexibility index (Phi) is 4.77. The van der Waals surface area contributed by atoms with Gasteiger partial charge in [-0.25, -0.2) is 0 Å². The summed E-state index contributed by atoms with van der Waals surface area (Å²) in [7, 11) is 0. The molecule has 1 aromatic heterocycles. The predicted octanol–water partition coefficient (Wildman–Crippen LogP) is 5.04. The van der Waals surface area contributed by atoms with Gasteiger partial charge in [-0.1, -0.05) is 47.6 Å². The SMILES string of the molecule is CCNCc1oc2ccc(C(C)(C)C)cc2c1CC(C)C. The molecule has 0 amide bonds. The van der Waals surface area contributed by atoms with E-state index in [1.807, 2.05) is 0 Å². The van der Waals surface area contributed by atoms with Gasteiger partial charge in [0.05, 0.1) is 6.54 Å². The topological polar surface area (TPSA) is 25.2 Å². The van der Waals surface area contributed by atoms with Gasteiger partial charge in [0.25, 0.3) is 0 Å². The van der Waals surface area contributed by atoms with E-state index in [1.54, 1.807) is 0 Å². The molecule has 1 heterocycles. The van der Waals surface area contributed by atoms with Crippen LogP contribution in [0.1, 0.15) is 58.4 Å². The molecule has 116 valence electrons. The van der Waals surface area contributed by atoms with Crippen LogP contribution in [0, 0.1) is 5.92 Å². The van der Waals surface area contributed by atoms with Crippen molar-refractivity contribution in [3.8, 4) is 0 Å². The summed E-state index contributed by atoms with van der Waals surface area (Å²) in [5.41, 5.74) is 3.94. The van der Waals surface area contributed by atoms with Crippen molar-refractivity contribution in [3.05, 3.63) is 35.1 Å². The number of furan rings is 1. The maximum absolute atomic E-state index is 6.11. The van der Waals surface area contributed by atoms with Gasteiger partial charge in [-0.05, 0) is 42.0 Å². The average molecular weight is 287 g/mol. The normalized spacial score (nSPS) is 12.5. The summed E-state index contributed by atoms with van der Waals surface area (Å²) in [4.78, 5) is 0. The lowest BCUT2D eigenvalue weighted by atomic mass is 9.86. The molecule has 0 aliphatic rings. The molecule has 0 spiro atoms. The quantitative estimate of drug-likeness (QED) is 0.833. The predicted molar refractivity (Wildman–Crippen MR) is 90.8 cm³/mol. The van der Waals surface area contributed by atoms with Gasteiger partial charge in [-0.3, -0.25) is 0 Å². The van der Waals surface area contributed by atoms with Crippen LogP contribution in [0.2, 0.25) is 0 Å². The highest BCUT2D eigenvalue weighted by molar-refractivity contribution is 5.83. The number of hydrogen-bond donors (Lipinski definition) is 1. The minimum atomic E-state index is 0.169. The summed E-state index contributed by atoms with van der Waals surface area (Å²) in [6, 6.07) is 6.66. The van der Waals surface area contributed by atoms with Gasteiger partial charge in [0.15, 0.2) is 0 Å². The van der Waals surface area contributed by atoms with Crippen LogP contribution in [0.4, 0.5) is 0 Å². The van der Waals surface area contributed by atoms with E-state index < -0.39 is 0 Å². The molecule has 0 saturated carbocycles. The molecular formula is C19H29NO. The van der Waals surface area contributed by atoms with E-state index in [0.29, 0.717) is 5.92 Å². The summed E-state index contributed by atoms with van der Waals surface area (Å²) in [5.74, 6) is 1.73. The van der Waals surface area contributed by atoms with Crippen molar-refractivity contribution in [2.45, 2.75) is 59.9 Å². The van der Waals surface area contributed by atoms with Crippen molar-refractivity contribution in [2.75, 3.05) is 6.54 Å². The lowest BCUT2D eigenvalue weighted by Crippen LogP contribution is -2.13. The van der Waals surface area contributed by atoms with Crippen LogP contribution in [0.3, 0.4) is 0 Å². The third kappa shape index (κ3) is 3.68. The summed E-state index contributed by atoms with van der Waals surface area (Å²) < 4.78 is 6.11. The molecule has 0 unspecified atom stereocenters. The van der Waals surface area contributed by atoms with Crippen LogP contribution in [-0.4, -0.2) is 6.54 Å². The Labute approximate surface area is 128 Å². The molecule has 1 aromatic carbocycles. The van der Waals surface area contributed by atoms with Gasteiger partial charge < -0.3 is 9.73 Å². The molecule has 0 atom stereocenters. The molecule has 2 nitrogen and oxygen atoms in total. The van der Waals surface area contributed by atoms with Crippen LogP contribution in [-0.2, 0) is 18.4 Å². The fraction of sp³-hybridized carbons (Fsp3) is 0.579. The Hall–Kier alpha value is -1.28. The van der Waals surface area contributed by atoms with Crippen LogP contribution >= 0.6 is 0 Å². The summed E-state index contributed by atoms with van der Waals surface area (Å²) in [6.07, 6.45) is 1.07. The molecular weight excluding hydrogens is 258 g/mol. The van der Waals surface area contributed by atoms with Gasteiger partial charge in [0, 0.05) is 10.9 Å². The van der Waals surface area contributed by atoms with Crippen LogP contribution in [0.25, 0.3) is 11.0 Å². The number of rotatable bonds is 5. The average Bonchev–Trinajstić information content (AvgIpc) is 2.72. The first kappa shape index (κ1) is 16.1. The molecule has 0 saturated heterocycles. The molecule has 2 rings (SSSR count). The fourth-order valence-corrected chi connectivity index (χ4v) is 2.68. The third-order valence-corrected chi connectivity index (χ3v) is 3.89. The second-order valence-corrected chi connectivity index (χ2v) is 7.34. The molecule has 0 bridgehead atoms. The third-order valence-electron chi connectivity index (χ3n) is 3.89. The van der Waals surface area contributed by atoms with Crippen molar-refractivity contribution < 1.29 is 4.42 Å². The number of nitrogens with one attached hydrogen (secondary N) is 1.